The lowest BCUT2D eigenvalue weighted by molar-refractivity contribution is -0.152. The zero-order valence-corrected chi connectivity index (χ0v) is 15.3. The summed E-state index contributed by atoms with van der Waals surface area (Å²) in [6, 6.07) is 0.505. The Morgan fingerprint density at radius 3 is 2.09 bits per heavy atom. The van der Waals surface area contributed by atoms with Gasteiger partial charge in [0.05, 0.1) is 0 Å². The van der Waals surface area contributed by atoms with E-state index in [1.807, 2.05) is 0 Å². The number of hydrogen-bond donors (Lipinski definition) is 1. The SMILES string of the molecule is CCCN(C(=O)C1C2CC3CC(C2)CC1C3)C1CCNCC1.Cl. The molecule has 4 heteroatoms. The van der Waals surface area contributed by atoms with Crippen LogP contribution in [0.5, 0.6) is 0 Å². The van der Waals surface area contributed by atoms with Gasteiger partial charge in [-0.1, -0.05) is 6.92 Å². The molecule has 1 heterocycles. The van der Waals surface area contributed by atoms with E-state index in [-0.39, 0.29) is 12.4 Å². The molecule has 4 aliphatic carbocycles. The van der Waals surface area contributed by atoms with Gasteiger partial charge in [-0.25, -0.2) is 0 Å². The minimum Gasteiger partial charge on any atom is -0.339 e. The standard InChI is InChI=1S/C19H32N2O.ClH/c1-2-7-21(17-3-5-20-6-4-17)19(22)18-15-9-13-8-14(11-15)12-16(18)10-13;/h13-18,20H,2-12H2,1H3;1H. The Balaban J connectivity index is 0.00000156. The lowest BCUT2D eigenvalue weighted by Crippen LogP contribution is -2.55. The van der Waals surface area contributed by atoms with Crippen LogP contribution in [-0.4, -0.2) is 36.5 Å². The van der Waals surface area contributed by atoms with Gasteiger partial charge in [0.2, 0.25) is 5.91 Å². The number of nitrogens with one attached hydrogen (secondary N) is 1. The van der Waals surface area contributed by atoms with Crippen LogP contribution in [0.2, 0.25) is 0 Å². The second-order valence-electron chi connectivity index (χ2n) is 8.47. The number of nitrogens with zero attached hydrogens (tertiary/aromatic N) is 1. The quantitative estimate of drug-likeness (QED) is 0.849. The molecule has 4 bridgehead atoms. The number of amides is 1. The normalized spacial score (nSPS) is 39.1. The molecule has 23 heavy (non-hydrogen) atoms. The Morgan fingerprint density at radius 1 is 1.00 bits per heavy atom. The van der Waals surface area contributed by atoms with E-state index in [0.29, 0.717) is 17.9 Å². The summed E-state index contributed by atoms with van der Waals surface area (Å²) < 4.78 is 0. The van der Waals surface area contributed by atoms with Crippen molar-refractivity contribution in [1.29, 1.82) is 0 Å². The third kappa shape index (κ3) is 3.28. The van der Waals surface area contributed by atoms with Crippen molar-refractivity contribution in [3.8, 4) is 0 Å². The highest BCUT2D eigenvalue weighted by atomic mass is 35.5. The third-order valence-electron chi connectivity index (χ3n) is 7.01. The van der Waals surface area contributed by atoms with Gasteiger partial charge in [-0.05, 0) is 88.1 Å². The fourth-order valence-electron chi connectivity index (χ4n) is 6.35. The average molecular weight is 341 g/mol. The molecule has 0 aromatic heterocycles. The molecule has 3 nitrogen and oxygen atoms in total. The number of piperidine rings is 1. The second-order valence-corrected chi connectivity index (χ2v) is 8.47. The topological polar surface area (TPSA) is 32.3 Å². The van der Waals surface area contributed by atoms with Gasteiger partial charge in [0.25, 0.3) is 0 Å². The first-order chi connectivity index (χ1) is 10.8. The van der Waals surface area contributed by atoms with Gasteiger partial charge >= 0.3 is 0 Å². The van der Waals surface area contributed by atoms with Crippen LogP contribution in [0.4, 0.5) is 0 Å². The molecule has 4 saturated carbocycles. The maximum absolute atomic E-state index is 13.4. The predicted molar refractivity (Wildman–Crippen MR) is 95.7 cm³/mol. The van der Waals surface area contributed by atoms with Gasteiger partial charge < -0.3 is 10.2 Å². The number of halogens is 1. The van der Waals surface area contributed by atoms with Crippen LogP contribution in [0.3, 0.4) is 0 Å². The van der Waals surface area contributed by atoms with Crippen molar-refractivity contribution in [1.82, 2.24) is 10.2 Å². The minimum absolute atomic E-state index is 0. The monoisotopic (exact) mass is 340 g/mol. The molecule has 0 atom stereocenters. The molecule has 1 saturated heterocycles. The zero-order valence-electron chi connectivity index (χ0n) is 14.5. The van der Waals surface area contributed by atoms with Gasteiger partial charge in [-0.3, -0.25) is 4.79 Å². The first-order valence-electron chi connectivity index (χ1n) is 9.77. The zero-order chi connectivity index (χ0) is 15.1. The molecule has 0 aromatic carbocycles. The van der Waals surface area contributed by atoms with Gasteiger partial charge in [-0.15, -0.1) is 12.4 Å². The fourth-order valence-corrected chi connectivity index (χ4v) is 6.35. The van der Waals surface area contributed by atoms with E-state index in [1.54, 1.807) is 0 Å². The lowest BCUT2D eigenvalue weighted by Gasteiger charge is -2.55. The molecular formula is C19H33ClN2O. The molecule has 1 amide bonds. The molecule has 0 radical (unpaired) electrons. The van der Waals surface area contributed by atoms with Crippen LogP contribution in [0.1, 0.15) is 58.3 Å². The average Bonchev–Trinajstić information content (AvgIpc) is 2.52. The predicted octanol–water partition coefficient (Wildman–Crippen LogP) is 3.47. The summed E-state index contributed by atoms with van der Waals surface area (Å²) >= 11 is 0. The van der Waals surface area contributed by atoms with E-state index in [0.717, 1.165) is 62.6 Å². The maximum atomic E-state index is 13.4. The first kappa shape index (κ1) is 17.5. The van der Waals surface area contributed by atoms with Crippen LogP contribution < -0.4 is 5.32 Å². The van der Waals surface area contributed by atoms with Crippen LogP contribution in [0.25, 0.3) is 0 Å². The van der Waals surface area contributed by atoms with E-state index >= 15 is 0 Å². The van der Waals surface area contributed by atoms with E-state index in [2.05, 4.69) is 17.1 Å². The van der Waals surface area contributed by atoms with Gasteiger partial charge in [-0.2, -0.15) is 0 Å². The highest BCUT2D eigenvalue weighted by Gasteiger charge is 2.51. The van der Waals surface area contributed by atoms with Crippen LogP contribution in [0.15, 0.2) is 0 Å². The molecular weight excluding hydrogens is 308 g/mol. The van der Waals surface area contributed by atoms with Gasteiger partial charge in [0.15, 0.2) is 0 Å². The summed E-state index contributed by atoms with van der Waals surface area (Å²) in [6.07, 6.45) is 10.3. The van der Waals surface area contributed by atoms with E-state index in [9.17, 15) is 4.79 Å². The summed E-state index contributed by atoms with van der Waals surface area (Å²) in [5.41, 5.74) is 0. The maximum Gasteiger partial charge on any atom is 0.226 e. The van der Waals surface area contributed by atoms with Crippen molar-refractivity contribution >= 4 is 18.3 Å². The summed E-state index contributed by atoms with van der Waals surface area (Å²) in [5.74, 6) is 4.31. The van der Waals surface area contributed by atoms with Crippen molar-refractivity contribution in [3.05, 3.63) is 0 Å². The highest BCUT2D eigenvalue weighted by molar-refractivity contribution is 5.85. The van der Waals surface area contributed by atoms with Crippen molar-refractivity contribution in [2.24, 2.45) is 29.6 Å². The van der Waals surface area contributed by atoms with E-state index < -0.39 is 0 Å². The number of carbonyl (C=O) groups is 1. The molecule has 5 rings (SSSR count). The molecule has 1 N–H and O–H groups in total. The third-order valence-corrected chi connectivity index (χ3v) is 7.01. The molecule has 0 aromatic rings. The summed E-state index contributed by atoms with van der Waals surface area (Å²) in [4.78, 5) is 15.7. The Morgan fingerprint density at radius 2 is 1.57 bits per heavy atom. The van der Waals surface area contributed by atoms with Crippen molar-refractivity contribution in [3.63, 3.8) is 0 Å². The van der Waals surface area contributed by atoms with E-state index in [1.165, 1.54) is 32.1 Å². The molecule has 0 unspecified atom stereocenters. The Kier molecular flexibility index (Phi) is 5.57. The molecule has 132 valence electrons. The van der Waals surface area contributed by atoms with E-state index in [4.69, 9.17) is 0 Å². The van der Waals surface area contributed by atoms with Crippen LogP contribution >= 0.6 is 12.4 Å². The van der Waals surface area contributed by atoms with Gasteiger partial charge in [0.1, 0.15) is 0 Å². The molecule has 1 aliphatic heterocycles. The largest absolute Gasteiger partial charge is 0.339 e. The summed E-state index contributed by atoms with van der Waals surface area (Å²) in [6.45, 7) is 5.37. The second kappa shape index (κ2) is 7.31. The van der Waals surface area contributed by atoms with Crippen molar-refractivity contribution in [2.45, 2.75) is 64.3 Å². The Bertz CT molecular complexity index is 394. The minimum atomic E-state index is 0. The summed E-state index contributed by atoms with van der Waals surface area (Å²) in [7, 11) is 0. The number of hydrogen-bond acceptors (Lipinski definition) is 2. The summed E-state index contributed by atoms with van der Waals surface area (Å²) in [5, 5.41) is 3.44. The molecule has 5 aliphatic rings. The molecule has 5 fully saturated rings. The van der Waals surface area contributed by atoms with Gasteiger partial charge in [0, 0.05) is 18.5 Å². The lowest BCUT2D eigenvalue weighted by atomic mass is 9.51. The fraction of sp³-hybridized carbons (Fsp3) is 0.947. The highest BCUT2D eigenvalue weighted by Crippen LogP contribution is 2.57. The smallest absolute Gasteiger partial charge is 0.226 e. The Hall–Kier alpha value is -0.280. The first-order valence-corrected chi connectivity index (χ1v) is 9.77. The van der Waals surface area contributed by atoms with Crippen molar-refractivity contribution < 1.29 is 4.79 Å². The van der Waals surface area contributed by atoms with Crippen LogP contribution in [0, 0.1) is 29.6 Å². The van der Waals surface area contributed by atoms with Crippen molar-refractivity contribution in [2.75, 3.05) is 19.6 Å². The number of rotatable bonds is 4. The Labute approximate surface area is 147 Å². The van der Waals surface area contributed by atoms with Crippen LogP contribution in [-0.2, 0) is 4.79 Å². The molecule has 0 spiro atoms. The number of carbonyl (C=O) groups excluding carboxylic acids is 1.